The Balaban J connectivity index is 1.65. The number of hydrogen-bond donors (Lipinski definition) is 1. The maximum atomic E-state index is 9.61. The van der Waals surface area contributed by atoms with Crippen LogP contribution >= 0.6 is 11.8 Å². The van der Waals surface area contributed by atoms with Crippen LogP contribution in [0.25, 0.3) is 0 Å². The lowest BCUT2D eigenvalue weighted by molar-refractivity contribution is 0.0494. The molecule has 2 aromatic carbocycles. The van der Waals surface area contributed by atoms with Crippen molar-refractivity contribution in [2.75, 3.05) is 39.1 Å². The van der Waals surface area contributed by atoms with E-state index in [9.17, 15) is 5.11 Å². The number of piperazine rings is 1. The van der Waals surface area contributed by atoms with Crippen LogP contribution in [0.4, 0.5) is 0 Å². The Hall–Kier alpha value is -1.53. The second-order valence-electron chi connectivity index (χ2n) is 7.26. The molecule has 0 spiro atoms. The number of aliphatic hydroxyl groups excluding tert-OH is 1. The van der Waals surface area contributed by atoms with Crippen LogP contribution in [0, 0.1) is 0 Å². The Morgan fingerprint density at radius 3 is 2.75 bits per heavy atom. The third kappa shape index (κ3) is 5.74. The number of para-hydroxylation sites is 1. The minimum absolute atomic E-state index is 0.226. The lowest BCUT2D eigenvalue weighted by Gasteiger charge is -2.41. The average molecular weight is 401 g/mol. The fraction of sp³-hybridized carbons (Fsp3) is 0.478. The van der Waals surface area contributed by atoms with Gasteiger partial charge in [0.2, 0.25) is 0 Å². The smallest absolute Gasteiger partial charge is 0.123 e. The van der Waals surface area contributed by atoms with Crippen molar-refractivity contribution >= 4 is 11.8 Å². The van der Waals surface area contributed by atoms with Crippen LogP contribution < -0.4 is 4.74 Å². The van der Waals surface area contributed by atoms with Crippen LogP contribution in [-0.2, 0) is 13.1 Å². The molecule has 2 aromatic rings. The van der Waals surface area contributed by atoms with Crippen molar-refractivity contribution in [3.05, 3.63) is 59.7 Å². The van der Waals surface area contributed by atoms with Crippen LogP contribution in [0.2, 0.25) is 0 Å². The van der Waals surface area contributed by atoms with Crippen molar-refractivity contribution in [1.82, 2.24) is 9.80 Å². The first-order valence-electron chi connectivity index (χ1n) is 10.1. The van der Waals surface area contributed by atoms with Gasteiger partial charge in [-0.25, -0.2) is 0 Å². The summed E-state index contributed by atoms with van der Waals surface area (Å²) in [5.74, 6) is 0.976. The van der Waals surface area contributed by atoms with Gasteiger partial charge in [0.25, 0.3) is 0 Å². The maximum absolute atomic E-state index is 9.61. The third-order valence-corrected chi connectivity index (χ3v) is 6.06. The molecule has 1 N–H and O–H groups in total. The van der Waals surface area contributed by atoms with E-state index >= 15 is 0 Å². The Labute approximate surface area is 173 Å². The zero-order chi connectivity index (χ0) is 19.8. The van der Waals surface area contributed by atoms with Gasteiger partial charge >= 0.3 is 0 Å². The summed E-state index contributed by atoms with van der Waals surface area (Å²) in [5.41, 5.74) is 2.60. The van der Waals surface area contributed by atoms with Crippen molar-refractivity contribution in [2.24, 2.45) is 0 Å². The first-order valence-corrected chi connectivity index (χ1v) is 11.4. The molecule has 1 atom stereocenters. The van der Waals surface area contributed by atoms with Crippen molar-refractivity contribution in [3.63, 3.8) is 0 Å². The molecule has 0 aliphatic carbocycles. The number of ether oxygens (including phenoxy) is 1. The van der Waals surface area contributed by atoms with Crippen molar-refractivity contribution in [3.8, 4) is 5.75 Å². The Morgan fingerprint density at radius 2 is 1.96 bits per heavy atom. The fourth-order valence-electron chi connectivity index (χ4n) is 3.91. The molecular formula is C23H32N2O2S. The van der Waals surface area contributed by atoms with Crippen molar-refractivity contribution < 1.29 is 9.84 Å². The number of aliphatic hydroxyl groups is 1. The molecule has 152 valence electrons. The molecular weight excluding hydrogens is 368 g/mol. The van der Waals surface area contributed by atoms with Gasteiger partial charge in [0.1, 0.15) is 5.75 Å². The molecule has 1 saturated heterocycles. The van der Waals surface area contributed by atoms with E-state index in [0.717, 1.165) is 44.9 Å². The average Bonchev–Trinajstić information content (AvgIpc) is 2.72. The van der Waals surface area contributed by atoms with Crippen LogP contribution in [0.3, 0.4) is 0 Å². The highest BCUT2D eigenvalue weighted by Crippen LogP contribution is 2.24. The lowest BCUT2D eigenvalue weighted by atomic mass is 10.1. The van der Waals surface area contributed by atoms with Gasteiger partial charge in [-0.1, -0.05) is 30.3 Å². The van der Waals surface area contributed by atoms with Gasteiger partial charge in [0, 0.05) is 55.8 Å². The summed E-state index contributed by atoms with van der Waals surface area (Å²) in [5, 5.41) is 9.61. The molecule has 0 bridgehead atoms. The monoisotopic (exact) mass is 400 g/mol. The van der Waals surface area contributed by atoms with E-state index in [1.54, 1.807) is 11.8 Å². The van der Waals surface area contributed by atoms with E-state index in [1.807, 2.05) is 13.0 Å². The molecule has 0 amide bonds. The van der Waals surface area contributed by atoms with E-state index in [2.05, 4.69) is 58.5 Å². The SMILES string of the molecule is CCOc1ccccc1CN1CCN(Cc2cccc(SC)c2)C[C@@H]1CCO. The molecule has 0 unspecified atom stereocenters. The summed E-state index contributed by atoms with van der Waals surface area (Å²) in [4.78, 5) is 6.34. The maximum Gasteiger partial charge on any atom is 0.123 e. The summed E-state index contributed by atoms with van der Waals surface area (Å²) in [6.07, 6.45) is 2.92. The standard InChI is InChI=1S/C23H32N2O2S/c1-3-27-23-10-5-4-8-20(23)17-25-13-12-24(18-21(25)11-14-26)16-19-7-6-9-22(15-19)28-2/h4-10,15,21,26H,3,11-14,16-18H2,1-2H3/t21-/m0/s1. The second-order valence-corrected chi connectivity index (χ2v) is 8.14. The van der Waals surface area contributed by atoms with E-state index in [1.165, 1.54) is 16.0 Å². The van der Waals surface area contributed by atoms with Gasteiger partial charge in [0.15, 0.2) is 0 Å². The van der Waals surface area contributed by atoms with Crippen LogP contribution in [-0.4, -0.2) is 60.1 Å². The zero-order valence-electron chi connectivity index (χ0n) is 17.0. The van der Waals surface area contributed by atoms with Crippen molar-refractivity contribution in [1.29, 1.82) is 0 Å². The van der Waals surface area contributed by atoms with Crippen molar-refractivity contribution in [2.45, 2.75) is 37.4 Å². The molecule has 3 rings (SSSR count). The zero-order valence-corrected chi connectivity index (χ0v) is 17.8. The van der Waals surface area contributed by atoms with Gasteiger partial charge in [-0.3, -0.25) is 9.80 Å². The Morgan fingerprint density at radius 1 is 1.11 bits per heavy atom. The third-order valence-electron chi connectivity index (χ3n) is 5.34. The normalized spacial score (nSPS) is 18.3. The van der Waals surface area contributed by atoms with E-state index < -0.39 is 0 Å². The molecule has 0 aromatic heterocycles. The van der Waals surface area contributed by atoms with Gasteiger partial charge in [-0.05, 0) is 43.4 Å². The largest absolute Gasteiger partial charge is 0.494 e. The molecule has 28 heavy (non-hydrogen) atoms. The quantitative estimate of drug-likeness (QED) is 0.647. The highest BCUT2D eigenvalue weighted by atomic mass is 32.2. The Kier molecular flexibility index (Phi) is 8.22. The fourth-order valence-corrected chi connectivity index (χ4v) is 4.39. The minimum atomic E-state index is 0.226. The second kappa shape index (κ2) is 10.9. The highest BCUT2D eigenvalue weighted by molar-refractivity contribution is 7.98. The summed E-state index contributed by atoms with van der Waals surface area (Å²) in [6, 6.07) is 17.5. The van der Waals surface area contributed by atoms with E-state index in [-0.39, 0.29) is 6.61 Å². The molecule has 0 saturated carbocycles. The predicted octanol–water partition coefficient (Wildman–Crippen LogP) is 3.88. The summed E-state index contributed by atoms with van der Waals surface area (Å²) < 4.78 is 5.81. The number of benzene rings is 2. The van der Waals surface area contributed by atoms with Gasteiger partial charge in [-0.2, -0.15) is 0 Å². The molecule has 1 aliphatic heterocycles. The molecule has 4 nitrogen and oxygen atoms in total. The van der Waals surface area contributed by atoms with Gasteiger partial charge in [0.05, 0.1) is 6.61 Å². The van der Waals surface area contributed by atoms with Gasteiger partial charge in [-0.15, -0.1) is 11.8 Å². The number of hydrogen-bond acceptors (Lipinski definition) is 5. The van der Waals surface area contributed by atoms with Gasteiger partial charge < -0.3 is 9.84 Å². The predicted molar refractivity (Wildman–Crippen MR) is 117 cm³/mol. The summed E-state index contributed by atoms with van der Waals surface area (Å²) in [6.45, 7) is 7.81. The number of nitrogens with zero attached hydrogens (tertiary/aromatic N) is 2. The molecule has 1 fully saturated rings. The molecule has 1 aliphatic rings. The summed E-state index contributed by atoms with van der Waals surface area (Å²) in [7, 11) is 0. The summed E-state index contributed by atoms with van der Waals surface area (Å²) >= 11 is 1.79. The topological polar surface area (TPSA) is 35.9 Å². The van der Waals surface area contributed by atoms with Crippen LogP contribution in [0.5, 0.6) is 5.75 Å². The molecule has 0 radical (unpaired) electrons. The molecule has 5 heteroatoms. The first kappa shape index (κ1) is 21.2. The number of thioether (sulfide) groups is 1. The van der Waals surface area contributed by atoms with Crippen LogP contribution in [0.1, 0.15) is 24.5 Å². The van der Waals surface area contributed by atoms with Crippen LogP contribution in [0.15, 0.2) is 53.4 Å². The highest BCUT2D eigenvalue weighted by Gasteiger charge is 2.27. The first-order chi connectivity index (χ1) is 13.7. The molecule has 1 heterocycles. The Bertz CT molecular complexity index is 740. The minimum Gasteiger partial charge on any atom is -0.494 e. The lowest BCUT2D eigenvalue weighted by Crippen LogP contribution is -2.52. The number of rotatable bonds is 9. The van der Waals surface area contributed by atoms with E-state index in [4.69, 9.17) is 4.74 Å². The van der Waals surface area contributed by atoms with E-state index in [0.29, 0.717) is 12.6 Å².